The number of ether oxygens (including phenoxy) is 1. The molecular formula is C9H20N2O3. The van der Waals surface area contributed by atoms with Gasteiger partial charge in [-0.2, -0.15) is 0 Å². The highest BCUT2D eigenvalue weighted by molar-refractivity contribution is 5.72. The minimum Gasteiger partial charge on any atom is -0.383 e. The lowest BCUT2D eigenvalue weighted by atomic mass is 10.1. The van der Waals surface area contributed by atoms with Crippen LogP contribution in [0.5, 0.6) is 0 Å². The first-order chi connectivity index (χ1) is 6.74. The maximum atomic E-state index is 11.1. The van der Waals surface area contributed by atoms with E-state index in [1.165, 1.54) is 7.11 Å². The SMILES string of the molecule is CCCCC(COC)NC(=O)NOC. The maximum Gasteiger partial charge on any atom is 0.338 e. The van der Waals surface area contributed by atoms with Crippen molar-refractivity contribution in [3.63, 3.8) is 0 Å². The van der Waals surface area contributed by atoms with E-state index in [1.54, 1.807) is 7.11 Å². The molecule has 5 nitrogen and oxygen atoms in total. The van der Waals surface area contributed by atoms with E-state index in [0.717, 1.165) is 19.3 Å². The number of unbranched alkanes of at least 4 members (excludes halogenated alkanes) is 1. The molecule has 0 saturated heterocycles. The lowest BCUT2D eigenvalue weighted by Crippen LogP contribution is -2.43. The summed E-state index contributed by atoms with van der Waals surface area (Å²) in [6, 6.07) is -0.277. The molecule has 2 N–H and O–H groups in total. The Labute approximate surface area is 85.1 Å². The summed E-state index contributed by atoms with van der Waals surface area (Å²) in [5.74, 6) is 0. The number of methoxy groups -OCH3 is 1. The van der Waals surface area contributed by atoms with Gasteiger partial charge in [0, 0.05) is 7.11 Å². The van der Waals surface area contributed by atoms with Gasteiger partial charge in [0.05, 0.1) is 19.8 Å². The van der Waals surface area contributed by atoms with Gasteiger partial charge in [0.15, 0.2) is 0 Å². The predicted octanol–water partition coefficient (Wildman–Crippen LogP) is 1.05. The highest BCUT2D eigenvalue weighted by Crippen LogP contribution is 2.00. The molecule has 84 valence electrons. The molecule has 0 bridgehead atoms. The Morgan fingerprint density at radius 3 is 2.64 bits per heavy atom. The summed E-state index contributed by atoms with van der Waals surface area (Å²) < 4.78 is 5.00. The largest absolute Gasteiger partial charge is 0.383 e. The molecule has 0 aliphatic heterocycles. The molecule has 5 heteroatoms. The van der Waals surface area contributed by atoms with Gasteiger partial charge < -0.3 is 10.1 Å². The van der Waals surface area contributed by atoms with Crippen molar-refractivity contribution in [1.82, 2.24) is 10.8 Å². The van der Waals surface area contributed by atoms with Crippen LogP contribution in [0.25, 0.3) is 0 Å². The lowest BCUT2D eigenvalue weighted by molar-refractivity contribution is 0.100. The summed E-state index contributed by atoms with van der Waals surface area (Å²) in [6.07, 6.45) is 3.09. The highest BCUT2D eigenvalue weighted by Gasteiger charge is 2.10. The van der Waals surface area contributed by atoms with E-state index in [4.69, 9.17) is 4.74 Å². The lowest BCUT2D eigenvalue weighted by Gasteiger charge is -2.17. The molecule has 0 rings (SSSR count). The van der Waals surface area contributed by atoms with Gasteiger partial charge >= 0.3 is 6.03 Å². The van der Waals surface area contributed by atoms with Crippen LogP contribution in [0.4, 0.5) is 4.79 Å². The second-order valence-corrected chi connectivity index (χ2v) is 3.07. The fourth-order valence-corrected chi connectivity index (χ4v) is 1.16. The first-order valence-electron chi connectivity index (χ1n) is 4.83. The Morgan fingerprint density at radius 2 is 2.14 bits per heavy atom. The van der Waals surface area contributed by atoms with Crippen LogP contribution in [-0.2, 0) is 9.57 Å². The van der Waals surface area contributed by atoms with Crippen molar-refractivity contribution in [3.8, 4) is 0 Å². The number of hydrogen-bond donors (Lipinski definition) is 2. The van der Waals surface area contributed by atoms with Crippen molar-refractivity contribution in [2.24, 2.45) is 0 Å². The van der Waals surface area contributed by atoms with Gasteiger partial charge in [-0.3, -0.25) is 4.84 Å². The summed E-state index contributed by atoms with van der Waals surface area (Å²) >= 11 is 0. The molecular weight excluding hydrogens is 184 g/mol. The van der Waals surface area contributed by atoms with Crippen molar-refractivity contribution >= 4 is 6.03 Å². The zero-order valence-corrected chi connectivity index (χ0v) is 9.13. The van der Waals surface area contributed by atoms with Crippen LogP contribution >= 0.6 is 0 Å². The van der Waals surface area contributed by atoms with Crippen molar-refractivity contribution in [2.45, 2.75) is 32.2 Å². The Morgan fingerprint density at radius 1 is 1.43 bits per heavy atom. The molecule has 0 heterocycles. The molecule has 1 atom stereocenters. The van der Waals surface area contributed by atoms with Gasteiger partial charge in [-0.1, -0.05) is 19.8 Å². The molecule has 0 aromatic heterocycles. The Balaban J connectivity index is 3.75. The van der Waals surface area contributed by atoms with Crippen LogP contribution in [0.2, 0.25) is 0 Å². The minimum absolute atomic E-state index is 0.0510. The number of hydrogen-bond acceptors (Lipinski definition) is 3. The van der Waals surface area contributed by atoms with E-state index in [2.05, 4.69) is 22.6 Å². The predicted molar refractivity (Wildman–Crippen MR) is 53.9 cm³/mol. The van der Waals surface area contributed by atoms with Gasteiger partial charge in [0.2, 0.25) is 0 Å². The number of carbonyl (C=O) groups excluding carboxylic acids is 1. The summed E-state index contributed by atoms with van der Waals surface area (Å²) in [5, 5.41) is 2.75. The number of amides is 2. The molecule has 0 fully saturated rings. The summed E-state index contributed by atoms with van der Waals surface area (Å²) in [6.45, 7) is 2.64. The van der Waals surface area contributed by atoms with Crippen LogP contribution in [0, 0.1) is 0 Å². The van der Waals surface area contributed by atoms with Gasteiger partial charge in [0.25, 0.3) is 0 Å². The molecule has 0 aliphatic carbocycles. The second-order valence-electron chi connectivity index (χ2n) is 3.07. The third-order valence-corrected chi connectivity index (χ3v) is 1.80. The smallest absolute Gasteiger partial charge is 0.338 e. The third-order valence-electron chi connectivity index (χ3n) is 1.80. The van der Waals surface area contributed by atoms with E-state index in [-0.39, 0.29) is 12.1 Å². The molecule has 14 heavy (non-hydrogen) atoms. The monoisotopic (exact) mass is 204 g/mol. The number of carbonyl (C=O) groups is 1. The number of urea groups is 1. The van der Waals surface area contributed by atoms with E-state index in [0.29, 0.717) is 6.61 Å². The van der Waals surface area contributed by atoms with Crippen molar-refractivity contribution in [1.29, 1.82) is 0 Å². The molecule has 0 spiro atoms. The number of hydroxylamine groups is 1. The first kappa shape index (κ1) is 13.2. The van der Waals surface area contributed by atoms with E-state index >= 15 is 0 Å². The molecule has 0 aromatic rings. The summed E-state index contributed by atoms with van der Waals surface area (Å²) in [5.41, 5.74) is 2.21. The van der Waals surface area contributed by atoms with Crippen LogP contribution in [0.15, 0.2) is 0 Å². The van der Waals surface area contributed by atoms with Crippen LogP contribution in [-0.4, -0.2) is 32.9 Å². The molecule has 2 amide bonds. The van der Waals surface area contributed by atoms with Gasteiger partial charge in [-0.25, -0.2) is 10.3 Å². The summed E-state index contributed by atoms with van der Waals surface area (Å²) in [4.78, 5) is 15.6. The Hall–Kier alpha value is -0.810. The van der Waals surface area contributed by atoms with Gasteiger partial charge in [-0.05, 0) is 6.42 Å². The van der Waals surface area contributed by atoms with Crippen molar-refractivity contribution in [3.05, 3.63) is 0 Å². The van der Waals surface area contributed by atoms with Crippen molar-refractivity contribution in [2.75, 3.05) is 20.8 Å². The van der Waals surface area contributed by atoms with Crippen LogP contribution in [0.1, 0.15) is 26.2 Å². The van der Waals surface area contributed by atoms with E-state index in [9.17, 15) is 4.79 Å². The fourth-order valence-electron chi connectivity index (χ4n) is 1.16. The van der Waals surface area contributed by atoms with E-state index in [1.807, 2.05) is 0 Å². The summed E-state index contributed by atoms with van der Waals surface area (Å²) in [7, 11) is 3.02. The third kappa shape index (κ3) is 6.68. The topological polar surface area (TPSA) is 59.6 Å². The van der Waals surface area contributed by atoms with Crippen LogP contribution in [0.3, 0.4) is 0 Å². The van der Waals surface area contributed by atoms with Crippen LogP contribution < -0.4 is 10.8 Å². The molecule has 0 aliphatic rings. The minimum atomic E-state index is -0.328. The number of rotatable bonds is 7. The fraction of sp³-hybridized carbons (Fsp3) is 0.889. The average molecular weight is 204 g/mol. The Kier molecular flexibility index (Phi) is 8.27. The standard InChI is InChI=1S/C9H20N2O3/c1-4-5-6-8(7-13-2)10-9(12)11-14-3/h8H,4-7H2,1-3H3,(H2,10,11,12). The zero-order valence-electron chi connectivity index (χ0n) is 9.13. The second kappa shape index (κ2) is 8.77. The maximum absolute atomic E-state index is 11.1. The molecule has 1 unspecified atom stereocenters. The zero-order chi connectivity index (χ0) is 10.8. The molecule has 0 saturated carbocycles. The highest BCUT2D eigenvalue weighted by atomic mass is 16.6. The van der Waals surface area contributed by atoms with Gasteiger partial charge in [-0.15, -0.1) is 0 Å². The first-order valence-corrected chi connectivity index (χ1v) is 4.83. The van der Waals surface area contributed by atoms with Crippen molar-refractivity contribution < 1.29 is 14.4 Å². The number of nitrogens with one attached hydrogen (secondary N) is 2. The van der Waals surface area contributed by atoms with Gasteiger partial charge in [0.1, 0.15) is 0 Å². The van der Waals surface area contributed by atoms with E-state index < -0.39 is 0 Å². The average Bonchev–Trinajstić information content (AvgIpc) is 2.15. The normalized spacial score (nSPS) is 12.2. The Bertz CT molecular complexity index is 153. The quantitative estimate of drug-likeness (QED) is 0.609. The molecule has 0 radical (unpaired) electrons. The molecule has 0 aromatic carbocycles.